The maximum Gasteiger partial charge on any atom is 0.0406 e. The van der Waals surface area contributed by atoms with Crippen molar-refractivity contribution < 1.29 is 0 Å². The van der Waals surface area contributed by atoms with E-state index in [0.29, 0.717) is 0 Å². The average Bonchev–Trinajstić information content (AvgIpc) is 2.89. The maximum absolute atomic E-state index is 5.63. The summed E-state index contributed by atoms with van der Waals surface area (Å²) in [6, 6.07) is 16.0. The van der Waals surface area contributed by atoms with Gasteiger partial charge in [-0.25, -0.2) is 0 Å². The van der Waals surface area contributed by atoms with Gasteiger partial charge >= 0.3 is 0 Å². The Kier molecular flexibility index (Phi) is 4.38. The SMILES string of the molecule is C1=Cc2ccccc2C1.C=Cc1ccc(Cl)cc1. The van der Waals surface area contributed by atoms with Crippen molar-refractivity contribution in [3.8, 4) is 0 Å². The minimum atomic E-state index is 0.764. The standard InChI is InChI=1S/C9H8.C8H7Cl/c1-2-5-9-7-3-6-8(9)4-1;1-2-7-3-5-8(9)6-4-7/h1-6H,7H2;2-6H,1H2. The molecule has 2 aromatic carbocycles. The Hall–Kier alpha value is -1.79. The molecule has 0 saturated heterocycles. The highest BCUT2D eigenvalue weighted by atomic mass is 35.5. The van der Waals surface area contributed by atoms with Crippen molar-refractivity contribution in [1.82, 2.24) is 0 Å². The van der Waals surface area contributed by atoms with Crippen molar-refractivity contribution in [3.63, 3.8) is 0 Å². The van der Waals surface area contributed by atoms with E-state index in [2.05, 4.69) is 43.0 Å². The lowest BCUT2D eigenvalue weighted by Gasteiger charge is -1.93. The van der Waals surface area contributed by atoms with Gasteiger partial charge in [0.25, 0.3) is 0 Å². The second-order valence-corrected chi connectivity index (χ2v) is 4.50. The van der Waals surface area contributed by atoms with Gasteiger partial charge in [0.15, 0.2) is 0 Å². The molecule has 0 atom stereocenters. The molecule has 0 unspecified atom stereocenters. The fourth-order valence-corrected chi connectivity index (χ4v) is 1.92. The van der Waals surface area contributed by atoms with Crippen LogP contribution in [0.25, 0.3) is 12.2 Å². The van der Waals surface area contributed by atoms with Crippen LogP contribution in [0.3, 0.4) is 0 Å². The van der Waals surface area contributed by atoms with Gasteiger partial charge in [-0.05, 0) is 35.2 Å². The maximum atomic E-state index is 5.63. The molecule has 0 aromatic heterocycles. The van der Waals surface area contributed by atoms with E-state index < -0.39 is 0 Å². The van der Waals surface area contributed by atoms with Crippen molar-refractivity contribution in [2.75, 3.05) is 0 Å². The molecule has 0 amide bonds. The van der Waals surface area contributed by atoms with Gasteiger partial charge in [-0.2, -0.15) is 0 Å². The van der Waals surface area contributed by atoms with Gasteiger partial charge < -0.3 is 0 Å². The first-order valence-electron chi connectivity index (χ1n) is 5.92. The van der Waals surface area contributed by atoms with Crippen molar-refractivity contribution in [2.45, 2.75) is 6.42 Å². The fourth-order valence-electron chi connectivity index (χ4n) is 1.79. The summed E-state index contributed by atoms with van der Waals surface area (Å²) in [5.41, 5.74) is 3.94. The zero-order valence-corrected chi connectivity index (χ0v) is 10.9. The van der Waals surface area contributed by atoms with Crippen LogP contribution in [0.1, 0.15) is 16.7 Å². The van der Waals surface area contributed by atoms with E-state index in [1.165, 1.54) is 11.1 Å². The van der Waals surface area contributed by atoms with Crippen molar-refractivity contribution >= 4 is 23.8 Å². The summed E-state index contributed by atoms with van der Waals surface area (Å²) in [4.78, 5) is 0. The highest BCUT2D eigenvalue weighted by Crippen LogP contribution is 2.17. The Labute approximate surface area is 113 Å². The minimum absolute atomic E-state index is 0.764. The second kappa shape index (κ2) is 6.23. The van der Waals surface area contributed by atoms with E-state index in [-0.39, 0.29) is 0 Å². The van der Waals surface area contributed by atoms with Crippen LogP contribution in [0.5, 0.6) is 0 Å². The van der Waals surface area contributed by atoms with Crippen molar-refractivity contribution in [1.29, 1.82) is 0 Å². The Balaban J connectivity index is 0.000000134. The molecule has 2 aromatic rings. The quantitative estimate of drug-likeness (QED) is 0.653. The molecule has 0 N–H and O–H groups in total. The van der Waals surface area contributed by atoms with Crippen LogP contribution >= 0.6 is 11.6 Å². The smallest absolute Gasteiger partial charge is 0.0406 e. The van der Waals surface area contributed by atoms with Crippen LogP contribution in [0, 0.1) is 0 Å². The Morgan fingerprint density at radius 2 is 1.72 bits per heavy atom. The number of halogens is 1. The van der Waals surface area contributed by atoms with E-state index in [0.717, 1.165) is 17.0 Å². The van der Waals surface area contributed by atoms with Gasteiger partial charge in [0.2, 0.25) is 0 Å². The molecule has 3 rings (SSSR count). The molecule has 0 bridgehead atoms. The van der Waals surface area contributed by atoms with Crippen molar-refractivity contribution in [2.24, 2.45) is 0 Å². The number of fused-ring (bicyclic) bond motifs is 1. The molecular weight excluding hydrogens is 240 g/mol. The lowest BCUT2D eigenvalue weighted by molar-refractivity contribution is 1.31. The number of hydrogen-bond acceptors (Lipinski definition) is 0. The first-order chi connectivity index (χ1) is 8.79. The summed E-state index contributed by atoms with van der Waals surface area (Å²) in [6.45, 7) is 3.62. The summed E-state index contributed by atoms with van der Waals surface area (Å²) >= 11 is 5.63. The predicted octanol–water partition coefficient (Wildman–Crippen LogP) is 5.24. The molecule has 0 radical (unpaired) electrons. The monoisotopic (exact) mass is 254 g/mol. The third kappa shape index (κ3) is 3.35. The van der Waals surface area contributed by atoms with Gasteiger partial charge in [-0.15, -0.1) is 0 Å². The van der Waals surface area contributed by atoms with Crippen LogP contribution in [0.15, 0.2) is 61.2 Å². The highest BCUT2D eigenvalue weighted by Gasteiger charge is 2.00. The molecule has 0 heterocycles. The zero-order valence-electron chi connectivity index (χ0n) is 10.1. The normalized spacial score (nSPS) is 11.4. The van der Waals surface area contributed by atoms with E-state index in [1.54, 1.807) is 6.08 Å². The molecule has 1 aliphatic rings. The van der Waals surface area contributed by atoms with Crippen LogP contribution in [0.4, 0.5) is 0 Å². The van der Waals surface area contributed by atoms with Gasteiger partial charge in [-0.3, -0.25) is 0 Å². The zero-order chi connectivity index (χ0) is 12.8. The molecular formula is C17H15Cl. The summed E-state index contributed by atoms with van der Waals surface area (Å²) in [7, 11) is 0. The third-order valence-corrected chi connectivity index (χ3v) is 3.05. The highest BCUT2D eigenvalue weighted by molar-refractivity contribution is 6.30. The molecule has 0 fully saturated rings. The molecule has 18 heavy (non-hydrogen) atoms. The van der Waals surface area contributed by atoms with E-state index >= 15 is 0 Å². The minimum Gasteiger partial charge on any atom is -0.0985 e. The lowest BCUT2D eigenvalue weighted by atomic mass is 10.1. The predicted molar refractivity (Wildman–Crippen MR) is 80.7 cm³/mol. The summed E-state index contributed by atoms with van der Waals surface area (Å²) in [6.07, 6.45) is 7.28. The Bertz CT molecular complexity index is 550. The first kappa shape index (κ1) is 12.7. The van der Waals surface area contributed by atoms with Crippen LogP contribution in [0.2, 0.25) is 5.02 Å². The van der Waals surface area contributed by atoms with Crippen LogP contribution in [-0.4, -0.2) is 0 Å². The molecule has 90 valence electrons. The molecule has 1 aliphatic carbocycles. The molecule has 0 saturated carbocycles. The Morgan fingerprint density at radius 3 is 2.39 bits per heavy atom. The third-order valence-electron chi connectivity index (χ3n) is 2.80. The second-order valence-electron chi connectivity index (χ2n) is 4.06. The summed E-state index contributed by atoms with van der Waals surface area (Å²) in [5, 5.41) is 0.764. The first-order valence-corrected chi connectivity index (χ1v) is 6.30. The average molecular weight is 255 g/mol. The number of allylic oxidation sites excluding steroid dienone is 1. The topological polar surface area (TPSA) is 0 Å². The van der Waals surface area contributed by atoms with E-state index in [9.17, 15) is 0 Å². The van der Waals surface area contributed by atoms with E-state index in [4.69, 9.17) is 11.6 Å². The molecule has 0 aliphatic heterocycles. The molecule has 1 heteroatoms. The summed E-state index contributed by atoms with van der Waals surface area (Å²) in [5.74, 6) is 0. The summed E-state index contributed by atoms with van der Waals surface area (Å²) < 4.78 is 0. The van der Waals surface area contributed by atoms with Crippen LogP contribution < -0.4 is 0 Å². The largest absolute Gasteiger partial charge is 0.0985 e. The van der Waals surface area contributed by atoms with Gasteiger partial charge in [0, 0.05) is 5.02 Å². The van der Waals surface area contributed by atoms with Gasteiger partial charge in [-0.1, -0.05) is 72.8 Å². The van der Waals surface area contributed by atoms with Crippen LogP contribution in [-0.2, 0) is 6.42 Å². The number of benzene rings is 2. The van der Waals surface area contributed by atoms with Crippen molar-refractivity contribution in [3.05, 3.63) is 82.9 Å². The van der Waals surface area contributed by atoms with Gasteiger partial charge in [0.05, 0.1) is 0 Å². The number of hydrogen-bond donors (Lipinski definition) is 0. The van der Waals surface area contributed by atoms with E-state index in [1.807, 2.05) is 24.3 Å². The lowest BCUT2D eigenvalue weighted by Crippen LogP contribution is -1.76. The Morgan fingerprint density at radius 1 is 1.00 bits per heavy atom. The fraction of sp³-hybridized carbons (Fsp3) is 0.0588. The number of rotatable bonds is 1. The molecule has 0 nitrogen and oxygen atoms in total. The van der Waals surface area contributed by atoms with Gasteiger partial charge in [0.1, 0.15) is 0 Å². The molecule has 0 spiro atoms.